The Hall–Kier alpha value is -0.0300. The van der Waals surface area contributed by atoms with Gasteiger partial charge in [-0.3, -0.25) is 0 Å². The van der Waals surface area contributed by atoms with E-state index in [1.807, 2.05) is 18.6 Å². The van der Waals surface area contributed by atoms with Crippen LogP contribution in [-0.2, 0) is 4.57 Å². The van der Waals surface area contributed by atoms with Crippen molar-refractivity contribution in [2.24, 2.45) is 0 Å². The predicted molar refractivity (Wildman–Crippen MR) is 32.2 cm³/mol. The molecule has 1 heterocycles. The van der Waals surface area contributed by atoms with Gasteiger partial charge in [0.1, 0.15) is 7.14 Å². The van der Waals surface area contributed by atoms with Crippen molar-refractivity contribution in [1.82, 2.24) is 0 Å². The molecule has 40 valence electrons. The van der Waals surface area contributed by atoms with Gasteiger partial charge in [0.25, 0.3) is 0 Å². The first-order valence-electron chi connectivity index (χ1n) is 2.45. The zero-order valence-corrected chi connectivity index (χ0v) is 5.32. The summed E-state index contributed by atoms with van der Waals surface area (Å²) in [5.41, 5.74) is 0. The molecule has 2 heteroatoms. The van der Waals surface area contributed by atoms with Crippen LogP contribution < -0.4 is 0 Å². The van der Waals surface area contributed by atoms with E-state index in [4.69, 9.17) is 0 Å². The highest BCUT2D eigenvalue weighted by atomic mass is 31.2. The normalized spacial score (nSPS) is 39.6. The molecular weight excluding hydrogens is 107 g/mol. The Morgan fingerprint density at radius 2 is 2.43 bits per heavy atom. The van der Waals surface area contributed by atoms with Crippen LogP contribution in [0.1, 0.15) is 6.42 Å². The van der Waals surface area contributed by atoms with E-state index in [0.717, 1.165) is 12.6 Å². The fraction of sp³-hybridized carbons (Fsp3) is 0.600. The molecule has 0 aliphatic carbocycles. The minimum atomic E-state index is -1.72. The van der Waals surface area contributed by atoms with E-state index in [0.29, 0.717) is 0 Å². The second-order valence-corrected chi connectivity index (χ2v) is 5.16. The average molecular weight is 116 g/mol. The fourth-order valence-electron chi connectivity index (χ4n) is 0.703. The van der Waals surface area contributed by atoms with Crippen LogP contribution in [-0.4, -0.2) is 12.8 Å². The van der Waals surface area contributed by atoms with Crippen LogP contribution in [0.3, 0.4) is 0 Å². The molecule has 0 aromatic carbocycles. The van der Waals surface area contributed by atoms with Gasteiger partial charge in [0.15, 0.2) is 0 Å². The van der Waals surface area contributed by atoms with Crippen molar-refractivity contribution in [1.29, 1.82) is 0 Å². The summed E-state index contributed by atoms with van der Waals surface area (Å²) in [4.78, 5) is 0. The standard InChI is InChI=1S/C5H9OP/c1-7(6)4-2-3-5-7/h2,4H,3,5H2,1H3. The maximum absolute atomic E-state index is 10.9. The SMILES string of the molecule is CP1(=O)C=CCC1. The van der Waals surface area contributed by atoms with Gasteiger partial charge in [-0.15, -0.1) is 0 Å². The highest BCUT2D eigenvalue weighted by molar-refractivity contribution is 7.66. The largest absolute Gasteiger partial charge is 0.320 e. The molecular formula is C5H9OP. The van der Waals surface area contributed by atoms with Crippen LogP contribution in [0.4, 0.5) is 0 Å². The van der Waals surface area contributed by atoms with E-state index in [2.05, 4.69) is 0 Å². The lowest BCUT2D eigenvalue weighted by molar-refractivity contribution is 0.585. The molecule has 0 spiro atoms. The van der Waals surface area contributed by atoms with E-state index in [1.54, 1.807) is 0 Å². The number of hydrogen-bond acceptors (Lipinski definition) is 1. The Labute approximate surface area is 43.8 Å². The van der Waals surface area contributed by atoms with Crippen molar-refractivity contribution >= 4 is 7.14 Å². The summed E-state index contributed by atoms with van der Waals surface area (Å²) in [5, 5.41) is 0. The Morgan fingerprint density at radius 3 is 2.57 bits per heavy atom. The molecule has 0 radical (unpaired) electrons. The van der Waals surface area contributed by atoms with Crippen molar-refractivity contribution in [3.63, 3.8) is 0 Å². The molecule has 0 amide bonds. The Kier molecular flexibility index (Phi) is 1.08. The van der Waals surface area contributed by atoms with Gasteiger partial charge in [0, 0.05) is 6.16 Å². The highest BCUT2D eigenvalue weighted by Crippen LogP contribution is 2.47. The number of allylic oxidation sites excluding steroid dienone is 1. The van der Waals surface area contributed by atoms with E-state index in [9.17, 15) is 4.57 Å². The summed E-state index contributed by atoms with van der Waals surface area (Å²) in [7, 11) is -1.72. The lowest BCUT2D eigenvalue weighted by Gasteiger charge is -1.94. The summed E-state index contributed by atoms with van der Waals surface area (Å²) in [6, 6.07) is 0. The van der Waals surface area contributed by atoms with Gasteiger partial charge in [0.2, 0.25) is 0 Å². The van der Waals surface area contributed by atoms with Gasteiger partial charge >= 0.3 is 0 Å². The minimum absolute atomic E-state index is 0.896. The van der Waals surface area contributed by atoms with Gasteiger partial charge in [-0.2, -0.15) is 0 Å². The second kappa shape index (κ2) is 1.48. The van der Waals surface area contributed by atoms with Crippen LogP contribution in [0.25, 0.3) is 0 Å². The summed E-state index contributed by atoms with van der Waals surface area (Å²) >= 11 is 0. The van der Waals surface area contributed by atoms with Crippen molar-refractivity contribution < 1.29 is 4.57 Å². The summed E-state index contributed by atoms with van der Waals surface area (Å²) in [6.07, 6.45) is 3.92. The van der Waals surface area contributed by atoms with Crippen molar-refractivity contribution in [3.8, 4) is 0 Å². The van der Waals surface area contributed by atoms with E-state index >= 15 is 0 Å². The van der Waals surface area contributed by atoms with E-state index in [-0.39, 0.29) is 0 Å². The van der Waals surface area contributed by atoms with Gasteiger partial charge in [-0.1, -0.05) is 6.08 Å². The predicted octanol–water partition coefficient (Wildman–Crippen LogP) is 1.90. The third-order valence-corrected chi connectivity index (χ3v) is 3.15. The number of hydrogen-bond donors (Lipinski definition) is 0. The first-order chi connectivity index (χ1) is 3.21. The lowest BCUT2D eigenvalue weighted by Crippen LogP contribution is -1.71. The monoisotopic (exact) mass is 116 g/mol. The minimum Gasteiger partial charge on any atom is -0.320 e. The Morgan fingerprint density at radius 1 is 1.71 bits per heavy atom. The molecule has 0 aromatic heterocycles. The summed E-state index contributed by atoms with van der Waals surface area (Å²) in [6.45, 7) is 1.83. The van der Waals surface area contributed by atoms with Crippen LogP contribution in [0.15, 0.2) is 11.9 Å². The van der Waals surface area contributed by atoms with Gasteiger partial charge < -0.3 is 4.57 Å². The van der Waals surface area contributed by atoms with Crippen LogP contribution in [0, 0.1) is 0 Å². The molecule has 0 saturated carbocycles. The first-order valence-corrected chi connectivity index (χ1v) is 4.85. The smallest absolute Gasteiger partial charge is 0.105 e. The molecule has 0 bridgehead atoms. The maximum Gasteiger partial charge on any atom is 0.105 e. The highest BCUT2D eigenvalue weighted by Gasteiger charge is 2.13. The zero-order valence-electron chi connectivity index (χ0n) is 4.42. The Balaban J connectivity index is 2.77. The Bertz CT molecular complexity index is 137. The van der Waals surface area contributed by atoms with Gasteiger partial charge in [-0.05, 0) is 18.9 Å². The van der Waals surface area contributed by atoms with Crippen molar-refractivity contribution in [2.75, 3.05) is 12.8 Å². The molecule has 1 aliphatic heterocycles. The third-order valence-electron chi connectivity index (χ3n) is 1.16. The van der Waals surface area contributed by atoms with Crippen LogP contribution >= 0.6 is 7.14 Å². The van der Waals surface area contributed by atoms with Crippen LogP contribution in [0.2, 0.25) is 0 Å². The quantitative estimate of drug-likeness (QED) is 0.442. The topological polar surface area (TPSA) is 17.1 Å². The summed E-state index contributed by atoms with van der Waals surface area (Å²) < 4.78 is 10.9. The molecule has 1 aliphatic rings. The van der Waals surface area contributed by atoms with E-state index < -0.39 is 7.14 Å². The molecule has 7 heavy (non-hydrogen) atoms. The molecule has 1 nitrogen and oxygen atoms in total. The summed E-state index contributed by atoms with van der Waals surface area (Å²) in [5.74, 6) is 1.85. The first kappa shape index (κ1) is 5.11. The van der Waals surface area contributed by atoms with Crippen molar-refractivity contribution in [2.45, 2.75) is 6.42 Å². The zero-order chi connectivity index (χ0) is 5.33. The lowest BCUT2D eigenvalue weighted by atomic mass is 10.5. The van der Waals surface area contributed by atoms with Crippen molar-refractivity contribution in [3.05, 3.63) is 11.9 Å². The van der Waals surface area contributed by atoms with Gasteiger partial charge in [0.05, 0.1) is 0 Å². The molecule has 0 fully saturated rings. The molecule has 1 unspecified atom stereocenters. The fourth-order valence-corrected chi connectivity index (χ4v) is 2.11. The molecule has 0 aromatic rings. The molecule has 0 N–H and O–H groups in total. The molecule has 1 rings (SSSR count). The molecule has 0 saturated heterocycles. The average Bonchev–Trinajstić information content (AvgIpc) is 1.84. The maximum atomic E-state index is 10.9. The van der Waals surface area contributed by atoms with E-state index in [1.165, 1.54) is 0 Å². The third kappa shape index (κ3) is 1.17. The second-order valence-electron chi connectivity index (χ2n) is 2.07. The van der Waals surface area contributed by atoms with Crippen LogP contribution in [0.5, 0.6) is 0 Å². The number of rotatable bonds is 0. The molecule has 1 atom stereocenters. The van der Waals surface area contributed by atoms with Gasteiger partial charge in [-0.25, -0.2) is 0 Å².